The number of guanidine groups is 1. The number of hydrogen-bond acceptors (Lipinski definition) is 5. The summed E-state index contributed by atoms with van der Waals surface area (Å²) in [5, 5.41) is 6.72. The largest absolute Gasteiger partial charge is 0.497 e. The lowest BCUT2D eigenvalue weighted by atomic mass is 10.0. The number of methoxy groups -OCH3 is 1. The number of nitrogens with zero attached hydrogens (tertiary/aromatic N) is 4. The average Bonchev–Trinajstić information content (AvgIpc) is 2.82. The number of nitrogens with one attached hydrogen (secondary N) is 2. The molecule has 9 heteroatoms. The second-order valence-electron chi connectivity index (χ2n) is 8.17. The lowest BCUT2D eigenvalue weighted by molar-refractivity contribution is -0.127. The number of piperidine rings is 1. The zero-order valence-electron chi connectivity index (χ0n) is 19.7. The van der Waals surface area contributed by atoms with Gasteiger partial charge < -0.3 is 20.3 Å². The van der Waals surface area contributed by atoms with Gasteiger partial charge in [-0.05, 0) is 42.7 Å². The molecule has 8 nitrogen and oxygen atoms in total. The average molecular weight is 566 g/mol. The first-order valence-electron chi connectivity index (χ1n) is 11.0. The van der Waals surface area contributed by atoms with E-state index < -0.39 is 0 Å². The Morgan fingerprint density at radius 3 is 2.52 bits per heavy atom. The van der Waals surface area contributed by atoms with Crippen molar-refractivity contribution in [1.29, 1.82) is 0 Å². The van der Waals surface area contributed by atoms with Crippen LogP contribution in [0.4, 0.5) is 0 Å². The predicted octanol–water partition coefficient (Wildman–Crippen LogP) is 2.50. The number of aromatic nitrogens is 1. The highest BCUT2D eigenvalue weighted by atomic mass is 127. The quantitative estimate of drug-likeness (QED) is 0.291. The van der Waals surface area contributed by atoms with Crippen molar-refractivity contribution in [2.24, 2.45) is 4.99 Å². The molecule has 0 radical (unpaired) electrons. The lowest BCUT2D eigenvalue weighted by Crippen LogP contribution is -2.50. The van der Waals surface area contributed by atoms with Gasteiger partial charge in [0.2, 0.25) is 5.91 Å². The van der Waals surface area contributed by atoms with Gasteiger partial charge in [-0.1, -0.05) is 18.2 Å². The summed E-state index contributed by atoms with van der Waals surface area (Å²) < 4.78 is 5.22. The fourth-order valence-electron chi connectivity index (χ4n) is 3.52. The van der Waals surface area contributed by atoms with Crippen LogP contribution in [0, 0.1) is 0 Å². The van der Waals surface area contributed by atoms with Gasteiger partial charge in [-0.2, -0.15) is 0 Å². The molecule has 2 N–H and O–H groups in total. The van der Waals surface area contributed by atoms with Crippen molar-refractivity contribution < 1.29 is 9.53 Å². The van der Waals surface area contributed by atoms with Crippen molar-refractivity contribution in [1.82, 2.24) is 25.4 Å². The number of halogens is 1. The standard InChI is InChI=1S/C24H34N6O2.HI/c1-29(2)23(31)17-27-24(26-16-19-7-9-22(32-3)10-8-19)28-20-11-14-30(15-12-20)18-21-6-4-5-13-25-21;/h4-10,13,20H,11-12,14-18H2,1-3H3,(H2,26,27,28);1H. The summed E-state index contributed by atoms with van der Waals surface area (Å²) in [7, 11) is 5.16. The van der Waals surface area contributed by atoms with Gasteiger partial charge in [0, 0.05) is 46.0 Å². The predicted molar refractivity (Wildman–Crippen MR) is 142 cm³/mol. The monoisotopic (exact) mass is 566 g/mol. The number of amides is 1. The van der Waals surface area contributed by atoms with Gasteiger partial charge in [0.1, 0.15) is 5.75 Å². The summed E-state index contributed by atoms with van der Waals surface area (Å²) >= 11 is 0. The Hall–Kier alpha value is -2.40. The molecule has 1 aromatic carbocycles. The molecule has 0 bridgehead atoms. The van der Waals surface area contributed by atoms with E-state index in [4.69, 9.17) is 9.73 Å². The van der Waals surface area contributed by atoms with Gasteiger partial charge in [-0.3, -0.25) is 14.7 Å². The van der Waals surface area contributed by atoms with E-state index >= 15 is 0 Å². The minimum Gasteiger partial charge on any atom is -0.497 e. The Balaban J connectivity index is 0.00000385. The van der Waals surface area contributed by atoms with Gasteiger partial charge >= 0.3 is 0 Å². The number of likely N-dealkylation sites (N-methyl/N-ethyl adjacent to an activating group) is 1. The highest BCUT2D eigenvalue weighted by Gasteiger charge is 2.20. The third-order valence-electron chi connectivity index (χ3n) is 5.52. The molecular formula is C24H35IN6O2. The Morgan fingerprint density at radius 2 is 1.91 bits per heavy atom. The van der Waals surface area contributed by atoms with Crippen molar-refractivity contribution in [3.63, 3.8) is 0 Å². The topological polar surface area (TPSA) is 82.1 Å². The summed E-state index contributed by atoms with van der Waals surface area (Å²) in [6.07, 6.45) is 3.87. The maximum absolute atomic E-state index is 12.1. The Bertz CT molecular complexity index is 868. The summed E-state index contributed by atoms with van der Waals surface area (Å²) in [6.45, 7) is 3.60. The molecule has 1 amide bonds. The van der Waals surface area contributed by atoms with E-state index in [9.17, 15) is 4.79 Å². The molecule has 1 aliphatic rings. The number of aliphatic imine (C=N–C) groups is 1. The molecule has 0 spiro atoms. The first-order valence-corrected chi connectivity index (χ1v) is 11.0. The number of carbonyl (C=O) groups is 1. The van der Waals surface area contributed by atoms with Crippen LogP contribution in [0.1, 0.15) is 24.1 Å². The number of carbonyl (C=O) groups excluding carboxylic acids is 1. The molecule has 1 saturated heterocycles. The highest BCUT2D eigenvalue weighted by Crippen LogP contribution is 2.14. The molecule has 180 valence electrons. The smallest absolute Gasteiger partial charge is 0.241 e. The summed E-state index contributed by atoms with van der Waals surface area (Å²) in [6, 6.07) is 14.2. The Morgan fingerprint density at radius 1 is 1.18 bits per heavy atom. The van der Waals surface area contributed by atoms with Crippen LogP contribution in [0.5, 0.6) is 5.75 Å². The third-order valence-corrected chi connectivity index (χ3v) is 5.52. The Labute approximate surface area is 213 Å². The number of benzene rings is 1. The second kappa shape index (κ2) is 14.0. The van der Waals surface area contributed by atoms with E-state index in [1.54, 1.807) is 26.1 Å². The van der Waals surface area contributed by atoms with Crippen LogP contribution in [0.3, 0.4) is 0 Å². The van der Waals surface area contributed by atoms with E-state index in [-0.39, 0.29) is 36.4 Å². The van der Waals surface area contributed by atoms with Crippen molar-refractivity contribution in [3.8, 4) is 5.75 Å². The normalized spacial score (nSPS) is 14.8. The fraction of sp³-hybridized carbons (Fsp3) is 0.458. The van der Waals surface area contributed by atoms with Crippen molar-refractivity contribution in [2.75, 3.05) is 40.8 Å². The zero-order valence-corrected chi connectivity index (χ0v) is 22.0. The van der Waals surface area contributed by atoms with Gasteiger partial charge in [0.05, 0.1) is 25.9 Å². The SMILES string of the molecule is COc1ccc(CN=C(NCC(=O)N(C)C)NC2CCN(Cc3ccccn3)CC2)cc1.I. The van der Waals surface area contributed by atoms with Crippen LogP contribution in [0.15, 0.2) is 53.7 Å². The second-order valence-corrected chi connectivity index (χ2v) is 8.17. The molecule has 2 heterocycles. The van der Waals surface area contributed by atoms with Gasteiger partial charge in [0.15, 0.2) is 5.96 Å². The van der Waals surface area contributed by atoms with E-state index in [0.29, 0.717) is 18.5 Å². The van der Waals surface area contributed by atoms with Crippen LogP contribution in [0.2, 0.25) is 0 Å². The minimum atomic E-state index is 0. The number of hydrogen-bond donors (Lipinski definition) is 2. The van der Waals surface area contributed by atoms with Crippen molar-refractivity contribution in [3.05, 3.63) is 59.9 Å². The Kier molecular flexibility index (Phi) is 11.4. The third kappa shape index (κ3) is 9.17. The maximum atomic E-state index is 12.1. The molecule has 1 aromatic heterocycles. The first-order chi connectivity index (χ1) is 15.5. The van der Waals surface area contributed by atoms with Crippen molar-refractivity contribution >= 4 is 35.8 Å². The summed E-state index contributed by atoms with van der Waals surface area (Å²) in [5.41, 5.74) is 2.18. The van der Waals surface area contributed by atoms with Gasteiger partial charge in [-0.15, -0.1) is 24.0 Å². The minimum absolute atomic E-state index is 0. The molecule has 3 rings (SSSR count). The molecule has 0 aliphatic carbocycles. The zero-order chi connectivity index (χ0) is 22.8. The fourth-order valence-corrected chi connectivity index (χ4v) is 3.52. The molecule has 0 unspecified atom stereocenters. The number of ether oxygens (including phenoxy) is 1. The number of pyridine rings is 1. The van der Waals surface area contributed by atoms with Crippen LogP contribution in [0.25, 0.3) is 0 Å². The lowest BCUT2D eigenvalue weighted by Gasteiger charge is -2.33. The molecule has 1 aliphatic heterocycles. The van der Waals surface area contributed by atoms with Gasteiger partial charge in [0.25, 0.3) is 0 Å². The molecule has 33 heavy (non-hydrogen) atoms. The van der Waals surface area contributed by atoms with Crippen LogP contribution < -0.4 is 15.4 Å². The number of likely N-dealkylation sites (tertiary alicyclic amines) is 1. The van der Waals surface area contributed by atoms with E-state index in [1.165, 1.54) is 0 Å². The maximum Gasteiger partial charge on any atom is 0.241 e. The molecule has 0 atom stereocenters. The molecule has 2 aromatic rings. The number of rotatable bonds is 8. The van der Waals surface area contributed by atoms with E-state index in [0.717, 1.165) is 49.5 Å². The van der Waals surface area contributed by atoms with E-state index in [2.05, 4.69) is 26.6 Å². The van der Waals surface area contributed by atoms with Crippen molar-refractivity contribution in [2.45, 2.75) is 32.0 Å². The molecular weight excluding hydrogens is 531 g/mol. The first kappa shape index (κ1) is 26.8. The summed E-state index contributed by atoms with van der Waals surface area (Å²) in [4.78, 5) is 25.2. The van der Waals surface area contributed by atoms with Crippen LogP contribution in [-0.4, -0.2) is 73.5 Å². The van der Waals surface area contributed by atoms with Gasteiger partial charge in [-0.25, -0.2) is 4.99 Å². The highest BCUT2D eigenvalue weighted by molar-refractivity contribution is 14.0. The van der Waals surface area contributed by atoms with E-state index in [1.807, 2.05) is 42.6 Å². The summed E-state index contributed by atoms with van der Waals surface area (Å²) in [5.74, 6) is 1.50. The van der Waals surface area contributed by atoms with Crippen LogP contribution >= 0.6 is 24.0 Å². The molecule has 1 fully saturated rings. The van der Waals surface area contributed by atoms with Crippen LogP contribution in [-0.2, 0) is 17.9 Å². The molecule has 0 saturated carbocycles.